The van der Waals surface area contributed by atoms with Gasteiger partial charge in [0.15, 0.2) is 0 Å². The summed E-state index contributed by atoms with van der Waals surface area (Å²) in [7, 11) is 0. The van der Waals surface area contributed by atoms with Crippen molar-refractivity contribution in [2.75, 3.05) is 0 Å². The van der Waals surface area contributed by atoms with Gasteiger partial charge in [-0.25, -0.2) is 0 Å². The van der Waals surface area contributed by atoms with Crippen LogP contribution < -0.4 is 0 Å². The Morgan fingerprint density at radius 2 is 1.29 bits per heavy atom. The highest BCUT2D eigenvalue weighted by molar-refractivity contribution is 5.98. The SMILES string of the molecule is O=C(C1CC2CCCC(C1)N2Cc1ccccc1)C1c2ccccc2-c2ccccc21. The van der Waals surface area contributed by atoms with Gasteiger partial charge < -0.3 is 0 Å². The van der Waals surface area contributed by atoms with E-state index in [1.165, 1.54) is 47.1 Å². The molecule has 2 heterocycles. The zero-order valence-corrected chi connectivity index (χ0v) is 17.9. The van der Waals surface area contributed by atoms with Gasteiger partial charge in [0.2, 0.25) is 0 Å². The highest BCUT2D eigenvalue weighted by Crippen LogP contribution is 2.48. The summed E-state index contributed by atoms with van der Waals surface area (Å²) in [4.78, 5) is 16.7. The van der Waals surface area contributed by atoms with E-state index in [1.54, 1.807) is 0 Å². The van der Waals surface area contributed by atoms with Crippen molar-refractivity contribution in [3.63, 3.8) is 0 Å². The standard InChI is InChI=1S/C29H29NO/c31-29(28-26-15-6-4-13-24(26)25-14-5-7-16-27(25)28)21-17-22-11-8-12-23(18-21)30(22)19-20-9-2-1-3-10-20/h1-7,9-10,13-16,21-23,28H,8,11-12,17-19H2. The fraction of sp³-hybridized carbons (Fsp3) is 0.345. The second-order valence-electron chi connectivity index (χ2n) is 9.57. The minimum atomic E-state index is -0.0844. The lowest BCUT2D eigenvalue weighted by Gasteiger charge is -2.49. The summed E-state index contributed by atoms with van der Waals surface area (Å²) in [6, 6.07) is 29.0. The molecule has 2 atom stereocenters. The number of carbonyl (C=O) groups is 1. The Labute approximate surface area is 184 Å². The average Bonchev–Trinajstić information content (AvgIpc) is 3.14. The first-order valence-corrected chi connectivity index (χ1v) is 11.8. The van der Waals surface area contributed by atoms with Gasteiger partial charge in [-0.2, -0.15) is 0 Å². The molecule has 3 aromatic rings. The maximum Gasteiger partial charge on any atom is 0.147 e. The highest BCUT2D eigenvalue weighted by Gasteiger charge is 2.44. The van der Waals surface area contributed by atoms with E-state index < -0.39 is 0 Å². The predicted molar refractivity (Wildman–Crippen MR) is 125 cm³/mol. The van der Waals surface area contributed by atoms with Gasteiger partial charge in [0.1, 0.15) is 5.78 Å². The zero-order valence-electron chi connectivity index (χ0n) is 17.9. The Balaban J connectivity index is 1.28. The van der Waals surface area contributed by atoms with Crippen LogP contribution in [0.15, 0.2) is 78.9 Å². The topological polar surface area (TPSA) is 20.3 Å². The van der Waals surface area contributed by atoms with Crippen LogP contribution in [-0.4, -0.2) is 22.8 Å². The number of fused-ring (bicyclic) bond motifs is 5. The van der Waals surface area contributed by atoms with Crippen molar-refractivity contribution in [1.82, 2.24) is 4.90 Å². The predicted octanol–water partition coefficient (Wildman–Crippen LogP) is 6.20. The van der Waals surface area contributed by atoms with Crippen LogP contribution in [0.25, 0.3) is 11.1 Å². The lowest BCUT2D eigenvalue weighted by atomic mass is 9.73. The number of Topliss-reactive ketones (excluding diaryl/α,β-unsaturated/α-hetero) is 1. The molecule has 1 aliphatic carbocycles. The maximum absolute atomic E-state index is 14.0. The Hall–Kier alpha value is -2.71. The molecule has 0 aromatic heterocycles. The third-order valence-corrected chi connectivity index (χ3v) is 7.85. The molecule has 0 radical (unpaired) electrons. The van der Waals surface area contributed by atoms with Gasteiger partial charge in [-0.1, -0.05) is 85.3 Å². The normalized spacial score (nSPS) is 25.1. The van der Waals surface area contributed by atoms with E-state index in [0.717, 1.165) is 19.4 Å². The van der Waals surface area contributed by atoms with Crippen LogP contribution in [0.5, 0.6) is 0 Å². The minimum absolute atomic E-state index is 0.0844. The summed E-state index contributed by atoms with van der Waals surface area (Å²) in [5.74, 6) is 0.541. The smallest absolute Gasteiger partial charge is 0.147 e. The number of hydrogen-bond donors (Lipinski definition) is 0. The van der Waals surface area contributed by atoms with Crippen molar-refractivity contribution in [3.05, 3.63) is 95.6 Å². The third-order valence-electron chi connectivity index (χ3n) is 7.85. The molecule has 2 bridgehead atoms. The summed E-state index contributed by atoms with van der Waals surface area (Å²) in [5.41, 5.74) is 6.32. The molecule has 0 spiro atoms. The summed E-state index contributed by atoms with van der Waals surface area (Å²) < 4.78 is 0. The molecule has 6 rings (SSSR count). The molecule has 2 heteroatoms. The maximum atomic E-state index is 14.0. The number of piperidine rings is 2. The Bertz CT molecular complexity index is 1040. The number of benzene rings is 3. The largest absolute Gasteiger partial charge is 0.298 e. The Kier molecular flexibility index (Phi) is 4.76. The van der Waals surface area contributed by atoms with E-state index in [1.807, 2.05) is 0 Å². The second kappa shape index (κ2) is 7.76. The van der Waals surface area contributed by atoms with Gasteiger partial charge in [-0.3, -0.25) is 9.69 Å². The highest BCUT2D eigenvalue weighted by atomic mass is 16.1. The monoisotopic (exact) mass is 407 g/mol. The lowest BCUT2D eigenvalue weighted by Crippen LogP contribution is -2.53. The van der Waals surface area contributed by atoms with Crippen LogP contribution in [0.3, 0.4) is 0 Å². The van der Waals surface area contributed by atoms with E-state index in [-0.39, 0.29) is 11.8 Å². The molecule has 3 aromatic carbocycles. The molecule has 156 valence electrons. The van der Waals surface area contributed by atoms with Crippen LogP contribution in [0.4, 0.5) is 0 Å². The first kappa shape index (κ1) is 19.0. The average molecular weight is 408 g/mol. The van der Waals surface area contributed by atoms with Crippen LogP contribution in [0, 0.1) is 5.92 Å². The summed E-state index contributed by atoms with van der Waals surface area (Å²) >= 11 is 0. The first-order chi connectivity index (χ1) is 15.3. The van der Waals surface area contributed by atoms with Crippen molar-refractivity contribution < 1.29 is 4.79 Å². The molecule has 2 nitrogen and oxygen atoms in total. The molecule has 31 heavy (non-hydrogen) atoms. The van der Waals surface area contributed by atoms with E-state index in [9.17, 15) is 4.79 Å². The number of hydrogen-bond acceptors (Lipinski definition) is 2. The Morgan fingerprint density at radius 1 is 0.742 bits per heavy atom. The van der Waals surface area contributed by atoms with Crippen LogP contribution >= 0.6 is 0 Å². The van der Waals surface area contributed by atoms with Gasteiger partial charge in [-0.05, 0) is 53.5 Å². The van der Waals surface area contributed by atoms with Crippen molar-refractivity contribution in [1.29, 1.82) is 0 Å². The molecule has 2 fully saturated rings. The van der Waals surface area contributed by atoms with E-state index in [0.29, 0.717) is 17.9 Å². The third kappa shape index (κ3) is 3.25. The number of rotatable bonds is 4. The van der Waals surface area contributed by atoms with Crippen LogP contribution in [-0.2, 0) is 11.3 Å². The molecule has 2 saturated heterocycles. The van der Waals surface area contributed by atoms with Crippen LogP contribution in [0.1, 0.15) is 54.7 Å². The Morgan fingerprint density at radius 3 is 1.90 bits per heavy atom. The van der Waals surface area contributed by atoms with Gasteiger partial charge in [0.25, 0.3) is 0 Å². The fourth-order valence-electron chi connectivity index (χ4n) is 6.46. The van der Waals surface area contributed by atoms with Crippen molar-refractivity contribution in [3.8, 4) is 11.1 Å². The quantitative estimate of drug-likeness (QED) is 0.513. The van der Waals surface area contributed by atoms with E-state index >= 15 is 0 Å². The van der Waals surface area contributed by atoms with Crippen LogP contribution in [0.2, 0.25) is 0 Å². The molecule has 0 saturated carbocycles. The minimum Gasteiger partial charge on any atom is -0.298 e. The van der Waals surface area contributed by atoms with Crippen molar-refractivity contribution in [2.24, 2.45) is 5.92 Å². The van der Waals surface area contributed by atoms with E-state index in [4.69, 9.17) is 0 Å². The molecule has 3 aliphatic rings. The lowest BCUT2D eigenvalue weighted by molar-refractivity contribution is -0.127. The molecular weight excluding hydrogens is 378 g/mol. The number of carbonyl (C=O) groups excluding carboxylic acids is 1. The van der Waals surface area contributed by atoms with Crippen molar-refractivity contribution >= 4 is 5.78 Å². The molecular formula is C29H29NO. The molecule has 2 unspecified atom stereocenters. The number of nitrogens with zero attached hydrogens (tertiary/aromatic N) is 1. The summed E-state index contributed by atoms with van der Waals surface area (Å²) in [6.45, 7) is 1.02. The number of ketones is 1. The summed E-state index contributed by atoms with van der Waals surface area (Å²) in [6.07, 6.45) is 5.79. The molecule has 0 N–H and O–H groups in total. The first-order valence-electron chi connectivity index (χ1n) is 11.8. The summed E-state index contributed by atoms with van der Waals surface area (Å²) in [5, 5.41) is 0. The van der Waals surface area contributed by atoms with Gasteiger partial charge >= 0.3 is 0 Å². The zero-order chi connectivity index (χ0) is 20.8. The van der Waals surface area contributed by atoms with Gasteiger partial charge in [0.05, 0.1) is 5.92 Å². The second-order valence-corrected chi connectivity index (χ2v) is 9.57. The molecule has 2 aliphatic heterocycles. The van der Waals surface area contributed by atoms with Gasteiger partial charge in [0, 0.05) is 24.5 Å². The van der Waals surface area contributed by atoms with Crippen molar-refractivity contribution in [2.45, 2.75) is 56.7 Å². The fourth-order valence-corrected chi connectivity index (χ4v) is 6.46. The molecule has 0 amide bonds. The van der Waals surface area contributed by atoms with Gasteiger partial charge in [-0.15, -0.1) is 0 Å². The van der Waals surface area contributed by atoms with E-state index in [2.05, 4.69) is 83.8 Å².